The van der Waals surface area contributed by atoms with Crippen molar-refractivity contribution < 1.29 is 19.4 Å². The number of aliphatic carboxylic acids is 1. The van der Waals surface area contributed by atoms with Gasteiger partial charge in [0.15, 0.2) is 0 Å². The van der Waals surface area contributed by atoms with Gasteiger partial charge >= 0.3 is 5.97 Å². The second-order valence-electron chi connectivity index (χ2n) is 4.92. The van der Waals surface area contributed by atoms with E-state index in [1.54, 1.807) is 0 Å². The van der Waals surface area contributed by atoms with Gasteiger partial charge in [0.2, 0.25) is 5.91 Å². The van der Waals surface area contributed by atoms with Crippen LogP contribution in [-0.4, -0.2) is 36.2 Å². The van der Waals surface area contributed by atoms with E-state index in [1.165, 1.54) is 12.8 Å². The van der Waals surface area contributed by atoms with Gasteiger partial charge in [-0.25, -0.2) is 0 Å². The Labute approximate surface area is 101 Å². The Morgan fingerprint density at radius 1 is 1.29 bits per heavy atom. The number of nitrogens with one attached hydrogen (secondary N) is 1. The summed E-state index contributed by atoms with van der Waals surface area (Å²) in [5, 5.41) is 11.6. The maximum absolute atomic E-state index is 11.6. The highest BCUT2D eigenvalue weighted by Gasteiger charge is 2.56. The zero-order chi connectivity index (χ0) is 12.3. The van der Waals surface area contributed by atoms with Gasteiger partial charge in [0.05, 0.1) is 12.7 Å². The van der Waals surface area contributed by atoms with Crippen molar-refractivity contribution in [3.8, 4) is 0 Å². The topological polar surface area (TPSA) is 75.6 Å². The van der Waals surface area contributed by atoms with Gasteiger partial charge in [-0.05, 0) is 25.7 Å². The van der Waals surface area contributed by atoms with Crippen LogP contribution in [0.4, 0.5) is 0 Å². The van der Waals surface area contributed by atoms with Crippen LogP contribution in [0.15, 0.2) is 0 Å². The number of carbonyl (C=O) groups is 2. The van der Waals surface area contributed by atoms with E-state index in [1.807, 2.05) is 0 Å². The number of carboxylic acids is 1. The number of hydrogen-bond donors (Lipinski definition) is 2. The predicted octanol–water partition coefficient (Wildman–Crippen LogP) is 0.927. The third-order valence-corrected chi connectivity index (χ3v) is 3.64. The van der Waals surface area contributed by atoms with Crippen LogP contribution in [0.2, 0.25) is 0 Å². The maximum atomic E-state index is 11.6. The summed E-state index contributed by atoms with van der Waals surface area (Å²) in [6.07, 6.45) is 5.90. The van der Waals surface area contributed by atoms with E-state index in [9.17, 15) is 9.59 Å². The molecule has 2 N–H and O–H groups in total. The summed E-state index contributed by atoms with van der Waals surface area (Å²) < 4.78 is 5.58. The zero-order valence-corrected chi connectivity index (χ0v) is 9.91. The first-order chi connectivity index (χ1) is 8.15. The van der Waals surface area contributed by atoms with Crippen LogP contribution in [0.3, 0.4) is 0 Å². The van der Waals surface area contributed by atoms with Gasteiger partial charge in [0, 0.05) is 6.54 Å². The molecule has 5 nitrogen and oxygen atoms in total. The van der Waals surface area contributed by atoms with Crippen LogP contribution in [0, 0.1) is 5.41 Å². The average molecular weight is 241 g/mol. The molecule has 0 atom stereocenters. The van der Waals surface area contributed by atoms with Gasteiger partial charge in [-0.15, -0.1) is 0 Å². The molecule has 0 aromatic rings. The van der Waals surface area contributed by atoms with Crippen molar-refractivity contribution in [2.24, 2.45) is 5.41 Å². The minimum absolute atomic E-state index is 0.335. The summed E-state index contributed by atoms with van der Waals surface area (Å²) in [6.45, 7) is 0.885. The molecule has 17 heavy (non-hydrogen) atoms. The normalized spacial score (nSPS) is 22.4. The Hall–Kier alpha value is -1.10. The van der Waals surface area contributed by atoms with Gasteiger partial charge in [0.25, 0.3) is 0 Å². The van der Waals surface area contributed by atoms with Crippen molar-refractivity contribution in [2.45, 2.75) is 44.6 Å². The Bertz CT molecular complexity index is 306. The molecule has 2 fully saturated rings. The van der Waals surface area contributed by atoms with E-state index < -0.39 is 11.4 Å². The minimum atomic E-state index is -1.13. The fourth-order valence-corrected chi connectivity index (χ4v) is 2.28. The second-order valence-corrected chi connectivity index (χ2v) is 4.92. The molecule has 2 rings (SSSR count). The van der Waals surface area contributed by atoms with Crippen LogP contribution in [0.25, 0.3) is 0 Å². The van der Waals surface area contributed by atoms with Crippen molar-refractivity contribution in [1.82, 2.24) is 5.32 Å². The molecular formula is C12H19NO4. The molecule has 1 amide bonds. The minimum Gasteiger partial charge on any atom is -0.480 e. The van der Waals surface area contributed by atoms with E-state index in [0.717, 1.165) is 12.8 Å². The van der Waals surface area contributed by atoms with Crippen LogP contribution >= 0.6 is 0 Å². The number of carboxylic acid groups (broad SMARTS) is 1. The molecule has 0 bridgehead atoms. The van der Waals surface area contributed by atoms with Crippen molar-refractivity contribution >= 4 is 11.9 Å². The number of carbonyl (C=O) groups excluding carboxylic acids is 1. The summed E-state index contributed by atoms with van der Waals surface area (Å²) >= 11 is 0. The molecule has 0 heterocycles. The second kappa shape index (κ2) is 5.04. The first-order valence-corrected chi connectivity index (χ1v) is 6.28. The molecule has 2 saturated carbocycles. The van der Waals surface area contributed by atoms with Crippen LogP contribution < -0.4 is 5.32 Å². The molecule has 0 aromatic carbocycles. The highest BCUT2D eigenvalue weighted by atomic mass is 16.5. The highest BCUT2D eigenvalue weighted by Crippen LogP contribution is 2.45. The molecule has 0 aromatic heterocycles. The fraction of sp³-hybridized carbons (Fsp3) is 0.833. The highest BCUT2D eigenvalue weighted by molar-refractivity contribution is 6.04. The first kappa shape index (κ1) is 12.4. The molecule has 0 saturated heterocycles. The number of ether oxygens (including phenoxy) is 1. The molecule has 0 aliphatic heterocycles. The summed E-state index contributed by atoms with van der Waals surface area (Å²) in [7, 11) is 0. The molecule has 0 unspecified atom stereocenters. The van der Waals surface area contributed by atoms with Crippen LogP contribution in [-0.2, 0) is 14.3 Å². The SMILES string of the molecule is O=C(O)C1(C(=O)NCCOC2CCCC2)CC1. The molecule has 2 aliphatic carbocycles. The Kier molecular flexibility index (Phi) is 3.66. The predicted molar refractivity (Wildman–Crippen MR) is 60.5 cm³/mol. The number of rotatable bonds is 6. The quantitative estimate of drug-likeness (QED) is 0.535. The number of amides is 1. The summed E-state index contributed by atoms with van der Waals surface area (Å²) in [5.41, 5.74) is -1.13. The lowest BCUT2D eigenvalue weighted by molar-refractivity contribution is -0.149. The molecular weight excluding hydrogens is 222 g/mol. The average Bonchev–Trinajstić information content (AvgIpc) is 2.97. The van der Waals surface area contributed by atoms with E-state index in [-0.39, 0.29) is 5.91 Å². The molecule has 2 aliphatic rings. The van der Waals surface area contributed by atoms with E-state index >= 15 is 0 Å². The van der Waals surface area contributed by atoms with Crippen LogP contribution in [0.1, 0.15) is 38.5 Å². The molecule has 5 heteroatoms. The smallest absolute Gasteiger partial charge is 0.319 e. The van der Waals surface area contributed by atoms with E-state index in [4.69, 9.17) is 9.84 Å². The standard InChI is InChI=1S/C12H19NO4/c14-10(12(5-6-12)11(15)16)13-7-8-17-9-3-1-2-4-9/h9H,1-8H2,(H,13,14)(H,15,16). The Morgan fingerprint density at radius 2 is 1.94 bits per heavy atom. The summed E-state index contributed by atoms with van der Waals surface area (Å²) in [5.74, 6) is -1.37. The van der Waals surface area contributed by atoms with Gasteiger partial charge in [0.1, 0.15) is 5.41 Å². The molecule has 0 radical (unpaired) electrons. The Balaban J connectivity index is 1.62. The monoisotopic (exact) mass is 241 g/mol. The third-order valence-electron chi connectivity index (χ3n) is 3.64. The number of hydrogen-bond acceptors (Lipinski definition) is 3. The molecule has 0 spiro atoms. The largest absolute Gasteiger partial charge is 0.480 e. The van der Waals surface area contributed by atoms with Gasteiger partial charge in [-0.1, -0.05) is 12.8 Å². The molecule has 96 valence electrons. The van der Waals surface area contributed by atoms with Crippen molar-refractivity contribution in [2.75, 3.05) is 13.2 Å². The fourth-order valence-electron chi connectivity index (χ4n) is 2.28. The van der Waals surface area contributed by atoms with E-state index in [0.29, 0.717) is 32.1 Å². The summed E-state index contributed by atoms with van der Waals surface area (Å²) in [6, 6.07) is 0. The first-order valence-electron chi connectivity index (χ1n) is 6.28. The van der Waals surface area contributed by atoms with Crippen molar-refractivity contribution in [3.05, 3.63) is 0 Å². The zero-order valence-electron chi connectivity index (χ0n) is 9.91. The lowest BCUT2D eigenvalue weighted by Gasteiger charge is -2.13. The van der Waals surface area contributed by atoms with E-state index in [2.05, 4.69) is 5.32 Å². The van der Waals surface area contributed by atoms with Crippen molar-refractivity contribution in [1.29, 1.82) is 0 Å². The van der Waals surface area contributed by atoms with Gasteiger partial charge in [-0.2, -0.15) is 0 Å². The lowest BCUT2D eigenvalue weighted by Crippen LogP contribution is -2.38. The van der Waals surface area contributed by atoms with Crippen molar-refractivity contribution in [3.63, 3.8) is 0 Å². The van der Waals surface area contributed by atoms with Gasteiger partial charge < -0.3 is 15.2 Å². The third kappa shape index (κ3) is 2.77. The summed E-state index contributed by atoms with van der Waals surface area (Å²) in [4.78, 5) is 22.5. The lowest BCUT2D eigenvalue weighted by atomic mass is 10.1. The Morgan fingerprint density at radius 3 is 2.47 bits per heavy atom. The maximum Gasteiger partial charge on any atom is 0.319 e. The van der Waals surface area contributed by atoms with Gasteiger partial charge in [-0.3, -0.25) is 9.59 Å². The van der Waals surface area contributed by atoms with Crippen LogP contribution in [0.5, 0.6) is 0 Å².